The van der Waals surface area contributed by atoms with Crippen molar-refractivity contribution in [3.63, 3.8) is 0 Å². The first kappa shape index (κ1) is 10.9. The quantitative estimate of drug-likeness (QED) is 0.786. The van der Waals surface area contributed by atoms with Gasteiger partial charge in [-0.2, -0.15) is 13.2 Å². The van der Waals surface area contributed by atoms with Gasteiger partial charge in [-0.1, -0.05) is 6.07 Å². The van der Waals surface area contributed by atoms with Crippen molar-refractivity contribution in [1.29, 1.82) is 0 Å². The van der Waals surface area contributed by atoms with Crippen molar-refractivity contribution in [1.82, 2.24) is 10.3 Å². The van der Waals surface area contributed by atoms with Crippen molar-refractivity contribution in [2.24, 2.45) is 0 Å². The monoisotopic (exact) mass is 246 g/mol. The Bertz CT molecular complexity index is 502. The first-order valence-corrected chi connectivity index (χ1v) is 5.01. The molecule has 0 aromatic carbocycles. The van der Waals surface area contributed by atoms with Crippen LogP contribution in [-0.4, -0.2) is 17.2 Å². The number of pyridine rings is 1. The van der Waals surface area contributed by atoms with Crippen LogP contribution >= 0.6 is 11.3 Å². The smallest absolute Gasteiger partial charge is 0.268 e. The molecule has 0 aliphatic heterocycles. The van der Waals surface area contributed by atoms with Gasteiger partial charge in [0.25, 0.3) is 5.91 Å². The summed E-state index contributed by atoms with van der Waals surface area (Å²) >= 11 is 0.923. The first-order chi connectivity index (χ1) is 7.46. The van der Waals surface area contributed by atoms with Crippen LogP contribution in [0.1, 0.15) is 9.67 Å². The van der Waals surface area contributed by atoms with Crippen LogP contribution in [0.3, 0.4) is 0 Å². The summed E-state index contributed by atoms with van der Waals surface area (Å²) in [5, 5.41) is 1.59. The van der Waals surface area contributed by atoms with E-state index in [4.69, 9.17) is 0 Å². The molecule has 0 atom stereocenters. The summed E-state index contributed by atoms with van der Waals surface area (Å²) in [6, 6.07) is 4.72. The maximum Gasteiger partial charge on any atom is 0.484 e. The van der Waals surface area contributed by atoms with Crippen molar-refractivity contribution >= 4 is 27.5 Å². The van der Waals surface area contributed by atoms with Gasteiger partial charge in [0.1, 0.15) is 4.83 Å². The van der Waals surface area contributed by atoms with Crippen molar-refractivity contribution in [2.75, 3.05) is 0 Å². The fourth-order valence-electron chi connectivity index (χ4n) is 1.18. The lowest BCUT2D eigenvalue weighted by molar-refractivity contribution is -0.146. The number of thiophene rings is 1. The van der Waals surface area contributed by atoms with Gasteiger partial charge in [-0.05, 0) is 12.1 Å². The van der Waals surface area contributed by atoms with E-state index in [2.05, 4.69) is 4.98 Å². The molecule has 7 heteroatoms. The Hall–Kier alpha value is -1.63. The van der Waals surface area contributed by atoms with E-state index < -0.39 is 12.2 Å². The van der Waals surface area contributed by atoms with Crippen molar-refractivity contribution in [2.45, 2.75) is 6.30 Å². The van der Waals surface area contributed by atoms with Crippen LogP contribution in [0.2, 0.25) is 0 Å². The van der Waals surface area contributed by atoms with Crippen molar-refractivity contribution < 1.29 is 18.0 Å². The van der Waals surface area contributed by atoms with Gasteiger partial charge >= 0.3 is 6.30 Å². The van der Waals surface area contributed by atoms with E-state index in [1.807, 2.05) is 0 Å². The standard InChI is InChI=1S/C9H5F3N2OS/c10-9(11,12)14-7(15)6-4-5-2-1-3-13-8(5)16-6/h1-4H,(H,14,15). The highest BCUT2D eigenvalue weighted by molar-refractivity contribution is 7.20. The van der Waals surface area contributed by atoms with E-state index in [1.165, 1.54) is 12.3 Å². The molecule has 0 saturated carbocycles. The normalized spacial score (nSPS) is 11.7. The maximum absolute atomic E-state index is 11.9. The second-order valence-electron chi connectivity index (χ2n) is 2.96. The zero-order valence-corrected chi connectivity index (χ0v) is 8.52. The van der Waals surface area contributed by atoms with E-state index in [1.54, 1.807) is 12.1 Å². The molecule has 16 heavy (non-hydrogen) atoms. The second kappa shape index (κ2) is 3.75. The lowest BCUT2D eigenvalue weighted by Gasteiger charge is -2.05. The molecule has 2 aromatic rings. The predicted octanol–water partition coefficient (Wildman–Crippen LogP) is 2.55. The summed E-state index contributed by atoms with van der Waals surface area (Å²) in [6.07, 6.45) is -3.19. The van der Waals surface area contributed by atoms with Crippen LogP contribution in [-0.2, 0) is 0 Å². The molecule has 0 aliphatic carbocycles. The summed E-state index contributed by atoms with van der Waals surface area (Å²) in [5.41, 5.74) is 0. The third kappa shape index (κ3) is 2.30. The lowest BCUT2D eigenvalue weighted by Crippen LogP contribution is -2.36. The highest BCUT2D eigenvalue weighted by atomic mass is 32.1. The second-order valence-corrected chi connectivity index (χ2v) is 3.99. The van der Waals surface area contributed by atoms with Gasteiger partial charge in [0.2, 0.25) is 0 Å². The number of hydrogen-bond donors (Lipinski definition) is 1. The Balaban J connectivity index is 2.30. The Morgan fingerprint density at radius 2 is 2.19 bits per heavy atom. The molecule has 0 bridgehead atoms. The third-order valence-corrected chi connectivity index (χ3v) is 2.83. The molecule has 84 valence electrons. The van der Waals surface area contributed by atoms with Gasteiger partial charge in [0.15, 0.2) is 0 Å². The topological polar surface area (TPSA) is 42.0 Å². The molecule has 2 rings (SSSR count). The third-order valence-electron chi connectivity index (χ3n) is 1.77. The predicted molar refractivity (Wildman–Crippen MR) is 53.1 cm³/mol. The van der Waals surface area contributed by atoms with E-state index in [0.29, 0.717) is 10.2 Å². The van der Waals surface area contributed by atoms with Crippen molar-refractivity contribution in [3.05, 3.63) is 29.3 Å². The number of hydrogen-bond acceptors (Lipinski definition) is 3. The number of rotatable bonds is 1. The number of aromatic nitrogens is 1. The van der Waals surface area contributed by atoms with Crippen LogP contribution < -0.4 is 5.32 Å². The van der Waals surface area contributed by atoms with Crippen LogP contribution in [0.25, 0.3) is 10.2 Å². The molecule has 1 amide bonds. The fraction of sp³-hybridized carbons (Fsp3) is 0.111. The molecule has 0 unspecified atom stereocenters. The summed E-state index contributed by atoms with van der Waals surface area (Å²) in [7, 11) is 0. The number of halogens is 3. The summed E-state index contributed by atoms with van der Waals surface area (Å²) in [4.78, 5) is 15.6. The number of nitrogens with one attached hydrogen (secondary N) is 1. The van der Waals surface area contributed by atoms with Gasteiger partial charge in [-0.3, -0.25) is 10.1 Å². The molecule has 0 saturated heterocycles. The zero-order chi connectivity index (χ0) is 11.8. The molecule has 0 aliphatic rings. The van der Waals surface area contributed by atoms with Gasteiger partial charge in [0, 0.05) is 11.6 Å². The number of amides is 1. The van der Waals surface area contributed by atoms with Crippen LogP contribution in [0, 0.1) is 0 Å². The Morgan fingerprint density at radius 3 is 2.81 bits per heavy atom. The SMILES string of the molecule is O=C(NC(F)(F)F)c1cc2cccnc2s1. The molecule has 3 nitrogen and oxygen atoms in total. The lowest BCUT2D eigenvalue weighted by atomic mass is 10.3. The Morgan fingerprint density at radius 1 is 1.44 bits per heavy atom. The van der Waals surface area contributed by atoms with Gasteiger partial charge in [-0.15, -0.1) is 11.3 Å². The van der Waals surface area contributed by atoms with Crippen LogP contribution in [0.4, 0.5) is 13.2 Å². The number of carbonyl (C=O) groups excluding carboxylic acids is 1. The highest BCUT2D eigenvalue weighted by Gasteiger charge is 2.31. The van der Waals surface area contributed by atoms with Gasteiger partial charge < -0.3 is 0 Å². The summed E-state index contributed by atoms with van der Waals surface area (Å²) < 4.78 is 35.7. The molecular formula is C9H5F3N2OS. The van der Waals surface area contributed by atoms with E-state index in [-0.39, 0.29) is 4.88 Å². The first-order valence-electron chi connectivity index (χ1n) is 4.19. The number of carbonyl (C=O) groups is 1. The number of alkyl halides is 3. The summed E-state index contributed by atoms with van der Waals surface area (Å²) in [5.74, 6) is -1.16. The number of fused-ring (bicyclic) bond motifs is 1. The largest absolute Gasteiger partial charge is 0.484 e. The number of nitrogens with zero attached hydrogens (tertiary/aromatic N) is 1. The zero-order valence-electron chi connectivity index (χ0n) is 7.71. The van der Waals surface area contributed by atoms with E-state index in [0.717, 1.165) is 16.7 Å². The fourth-order valence-corrected chi connectivity index (χ4v) is 2.07. The minimum absolute atomic E-state index is 0.00831. The Kier molecular flexibility index (Phi) is 2.55. The molecule has 0 radical (unpaired) electrons. The van der Waals surface area contributed by atoms with Gasteiger partial charge in [-0.25, -0.2) is 4.98 Å². The molecular weight excluding hydrogens is 241 g/mol. The molecule has 0 spiro atoms. The minimum atomic E-state index is -4.71. The molecule has 2 aromatic heterocycles. The average molecular weight is 246 g/mol. The van der Waals surface area contributed by atoms with Crippen molar-refractivity contribution in [3.8, 4) is 0 Å². The average Bonchev–Trinajstić information content (AvgIpc) is 2.58. The highest BCUT2D eigenvalue weighted by Crippen LogP contribution is 2.24. The maximum atomic E-state index is 11.9. The molecule has 1 N–H and O–H groups in total. The Labute approximate surface area is 91.9 Å². The van der Waals surface area contributed by atoms with Crippen LogP contribution in [0.15, 0.2) is 24.4 Å². The molecule has 2 heterocycles. The van der Waals surface area contributed by atoms with Crippen LogP contribution in [0.5, 0.6) is 0 Å². The van der Waals surface area contributed by atoms with E-state index in [9.17, 15) is 18.0 Å². The van der Waals surface area contributed by atoms with Gasteiger partial charge in [0.05, 0.1) is 4.88 Å². The summed E-state index contributed by atoms with van der Waals surface area (Å²) in [6.45, 7) is 0. The minimum Gasteiger partial charge on any atom is -0.268 e. The molecule has 0 fully saturated rings. The van der Waals surface area contributed by atoms with E-state index >= 15 is 0 Å².